The molecule has 174 valence electrons. The summed E-state index contributed by atoms with van der Waals surface area (Å²) in [4.78, 5) is 19.3. The third kappa shape index (κ3) is 6.17. The number of nitrogens with zero attached hydrogens (tertiary/aromatic N) is 2. The Bertz CT molecular complexity index is 1220. The summed E-state index contributed by atoms with van der Waals surface area (Å²) in [5, 5.41) is 2.96. The summed E-state index contributed by atoms with van der Waals surface area (Å²) in [5.41, 5.74) is 4.62. The highest BCUT2D eigenvalue weighted by Crippen LogP contribution is 2.18. The van der Waals surface area contributed by atoms with Crippen LogP contribution in [0.1, 0.15) is 51.6 Å². The minimum absolute atomic E-state index is 0.148. The maximum Gasteiger partial charge on any atom is 0.273 e. The van der Waals surface area contributed by atoms with E-state index < -0.39 is 0 Å². The summed E-state index contributed by atoms with van der Waals surface area (Å²) in [6.45, 7) is 5.67. The zero-order valence-electron chi connectivity index (χ0n) is 19.4. The van der Waals surface area contributed by atoms with Crippen molar-refractivity contribution in [3.8, 4) is 0 Å². The Morgan fingerprint density at radius 2 is 1.68 bits per heavy atom. The first-order valence-corrected chi connectivity index (χ1v) is 11.3. The molecule has 3 aromatic carbocycles. The molecule has 0 aliphatic rings. The molecule has 6 heteroatoms. The maximum atomic E-state index is 13.4. The van der Waals surface area contributed by atoms with Crippen LogP contribution in [0.25, 0.3) is 0 Å². The highest BCUT2D eigenvalue weighted by molar-refractivity contribution is 5.92. The lowest BCUT2D eigenvalue weighted by atomic mass is 10.1. The van der Waals surface area contributed by atoms with Crippen molar-refractivity contribution >= 4 is 5.91 Å². The second kappa shape index (κ2) is 10.9. The van der Waals surface area contributed by atoms with Crippen molar-refractivity contribution in [2.75, 3.05) is 0 Å². The smallest absolute Gasteiger partial charge is 0.273 e. The van der Waals surface area contributed by atoms with Gasteiger partial charge in [-0.05, 0) is 48.2 Å². The Labute approximate surface area is 199 Å². The van der Waals surface area contributed by atoms with Gasteiger partial charge in [0.1, 0.15) is 12.1 Å². The molecule has 0 aliphatic heterocycles. The SMILES string of the molecule is Cc1ccccc1CN(Cc1ccc(F)cc1)Cc1nc(C(=O)NC(C)c2ccccc2)co1. The molecule has 4 rings (SSSR count). The standard InChI is InChI=1S/C28H28FN3O2/c1-20-8-6-7-11-24(20)17-32(16-22-12-14-25(29)15-13-22)18-27-31-26(19-34-27)28(33)30-21(2)23-9-4-3-5-10-23/h3-15,19,21H,16-18H2,1-2H3,(H,30,33). The van der Waals surface area contributed by atoms with Crippen molar-refractivity contribution in [1.82, 2.24) is 15.2 Å². The Morgan fingerprint density at radius 1 is 0.971 bits per heavy atom. The summed E-state index contributed by atoms with van der Waals surface area (Å²) in [6, 6.07) is 24.3. The molecule has 1 heterocycles. The highest BCUT2D eigenvalue weighted by atomic mass is 19.1. The molecule has 0 radical (unpaired) electrons. The van der Waals surface area contributed by atoms with Crippen LogP contribution in [0.15, 0.2) is 89.5 Å². The van der Waals surface area contributed by atoms with E-state index in [-0.39, 0.29) is 23.5 Å². The second-order valence-electron chi connectivity index (χ2n) is 8.43. The number of benzene rings is 3. The van der Waals surface area contributed by atoms with Crippen LogP contribution in [0.5, 0.6) is 0 Å². The van der Waals surface area contributed by atoms with E-state index >= 15 is 0 Å². The van der Waals surface area contributed by atoms with E-state index in [0.717, 1.165) is 11.1 Å². The fourth-order valence-electron chi connectivity index (χ4n) is 3.82. The predicted octanol–water partition coefficient (Wildman–Crippen LogP) is 5.82. The van der Waals surface area contributed by atoms with Gasteiger partial charge in [-0.25, -0.2) is 9.37 Å². The summed E-state index contributed by atoms with van der Waals surface area (Å²) in [5.74, 6) is -0.0918. The second-order valence-corrected chi connectivity index (χ2v) is 8.43. The lowest BCUT2D eigenvalue weighted by Gasteiger charge is -2.22. The Morgan fingerprint density at radius 3 is 2.41 bits per heavy atom. The summed E-state index contributed by atoms with van der Waals surface area (Å²) < 4.78 is 19.0. The topological polar surface area (TPSA) is 58.4 Å². The van der Waals surface area contributed by atoms with Gasteiger partial charge in [0, 0.05) is 13.1 Å². The van der Waals surface area contributed by atoms with Crippen LogP contribution in [0.4, 0.5) is 4.39 Å². The van der Waals surface area contributed by atoms with Gasteiger partial charge in [0.05, 0.1) is 12.6 Å². The van der Waals surface area contributed by atoms with Crippen LogP contribution in [0, 0.1) is 12.7 Å². The van der Waals surface area contributed by atoms with Gasteiger partial charge in [-0.2, -0.15) is 0 Å². The number of carbonyl (C=O) groups excluding carboxylic acids is 1. The number of hydrogen-bond acceptors (Lipinski definition) is 4. The van der Waals surface area contributed by atoms with Crippen molar-refractivity contribution in [3.63, 3.8) is 0 Å². The number of halogens is 1. The number of rotatable bonds is 9. The Kier molecular flexibility index (Phi) is 7.50. The van der Waals surface area contributed by atoms with Crippen molar-refractivity contribution in [1.29, 1.82) is 0 Å². The summed E-state index contributed by atoms with van der Waals surface area (Å²) in [7, 11) is 0. The third-order valence-electron chi connectivity index (χ3n) is 5.77. The number of carbonyl (C=O) groups is 1. The zero-order chi connectivity index (χ0) is 23.9. The van der Waals surface area contributed by atoms with Crippen LogP contribution >= 0.6 is 0 Å². The van der Waals surface area contributed by atoms with Crippen LogP contribution < -0.4 is 5.32 Å². The van der Waals surface area contributed by atoms with E-state index in [1.54, 1.807) is 12.1 Å². The molecular formula is C28H28FN3O2. The van der Waals surface area contributed by atoms with E-state index in [2.05, 4.69) is 34.3 Å². The normalized spacial score (nSPS) is 12.0. The lowest BCUT2D eigenvalue weighted by Crippen LogP contribution is -2.27. The Balaban J connectivity index is 1.47. The third-order valence-corrected chi connectivity index (χ3v) is 5.77. The molecule has 0 saturated heterocycles. The van der Waals surface area contributed by atoms with Gasteiger partial charge in [0.25, 0.3) is 5.91 Å². The summed E-state index contributed by atoms with van der Waals surface area (Å²) >= 11 is 0. The van der Waals surface area contributed by atoms with Crippen LogP contribution in [-0.4, -0.2) is 15.8 Å². The van der Waals surface area contributed by atoms with Crippen LogP contribution in [0.2, 0.25) is 0 Å². The lowest BCUT2D eigenvalue weighted by molar-refractivity contribution is 0.0934. The fourth-order valence-corrected chi connectivity index (χ4v) is 3.82. The molecule has 1 N–H and O–H groups in total. The van der Waals surface area contributed by atoms with Gasteiger partial charge in [-0.1, -0.05) is 66.7 Å². The average Bonchev–Trinajstić information content (AvgIpc) is 3.31. The van der Waals surface area contributed by atoms with Crippen molar-refractivity contribution in [2.24, 2.45) is 0 Å². The monoisotopic (exact) mass is 457 g/mol. The number of nitrogens with one attached hydrogen (secondary N) is 1. The molecule has 0 saturated carbocycles. The number of aryl methyl sites for hydroxylation is 1. The molecule has 1 atom stereocenters. The largest absolute Gasteiger partial charge is 0.447 e. The molecule has 0 fully saturated rings. The Hall–Kier alpha value is -3.77. The van der Waals surface area contributed by atoms with Crippen LogP contribution in [0.3, 0.4) is 0 Å². The van der Waals surface area contributed by atoms with E-state index in [1.807, 2.05) is 49.4 Å². The average molecular weight is 458 g/mol. The minimum atomic E-state index is -0.282. The number of aromatic nitrogens is 1. The number of amides is 1. The first kappa shape index (κ1) is 23.4. The van der Waals surface area contributed by atoms with Gasteiger partial charge in [-0.15, -0.1) is 0 Å². The molecule has 0 aliphatic carbocycles. The molecule has 1 aromatic heterocycles. The molecule has 0 bridgehead atoms. The highest BCUT2D eigenvalue weighted by Gasteiger charge is 2.18. The first-order valence-electron chi connectivity index (χ1n) is 11.3. The maximum absolute atomic E-state index is 13.4. The van der Waals surface area contributed by atoms with Crippen molar-refractivity contribution in [3.05, 3.63) is 125 Å². The molecule has 34 heavy (non-hydrogen) atoms. The van der Waals surface area contributed by atoms with Gasteiger partial charge in [0.15, 0.2) is 5.69 Å². The fraction of sp³-hybridized carbons (Fsp3) is 0.214. The van der Waals surface area contributed by atoms with Gasteiger partial charge < -0.3 is 9.73 Å². The molecule has 1 amide bonds. The quantitative estimate of drug-likeness (QED) is 0.344. The molecule has 0 spiro atoms. The first-order chi connectivity index (χ1) is 16.5. The number of hydrogen-bond donors (Lipinski definition) is 1. The molecular weight excluding hydrogens is 429 g/mol. The summed E-state index contributed by atoms with van der Waals surface area (Å²) in [6.07, 6.45) is 1.40. The van der Waals surface area contributed by atoms with E-state index in [9.17, 15) is 9.18 Å². The molecule has 4 aromatic rings. The van der Waals surface area contributed by atoms with Gasteiger partial charge in [-0.3, -0.25) is 9.69 Å². The van der Waals surface area contributed by atoms with Crippen LogP contribution in [-0.2, 0) is 19.6 Å². The van der Waals surface area contributed by atoms with Crippen molar-refractivity contribution < 1.29 is 13.6 Å². The predicted molar refractivity (Wildman–Crippen MR) is 129 cm³/mol. The molecule has 1 unspecified atom stereocenters. The minimum Gasteiger partial charge on any atom is -0.447 e. The van der Waals surface area contributed by atoms with Gasteiger partial charge >= 0.3 is 0 Å². The van der Waals surface area contributed by atoms with E-state index in [4.69, 9.17) is 4.42 Å². The molecule has 5 nitrogen and oxygen atoms in total. The van der Waals surface area contributed by atoms with E-state index in [1.165, 1.54) is 29.5 Å². The van der Waals surface area contributed by atoms with Gasteiger partial charge in [0.2, 0.25) is 5.89 Å². The zero-order valence-corrected chi connectivity index (χ0v) is 19.4. The number of oxazole rings is 1. The van der Waals surface area contributed by atoms with E-state index in [0.29, 0.717) is 25.5 Å². The van der Waals surface area contributed by atoms with Crippen molar-refractivity contribution in [2.45, 2.75) is 39.5 Å².